The Hall–Kier alpha value is -3.09. The van der Waals surface area contributed by atoms with E-state index >= 15 is 0 Å². The van der Waals surface area contributed by atoms with Crippen LogP contribution < -0.4 is 0 Å². The molecule has 150 valence electrons. The van der Waals surface area contributed by atoms with Crippen molar-refractivity contribution < 1.29 is 9.18 Å². The van der Waals surface area contributed by atoms with Crippen LogP contribution in [0.3, 0.4) is 0 Å². The van der Waals surface area contributed by atoms with E-state index in [4.69, 9.17) is 4.98 Å². The molecule has 0 aliphatic carbocycles. The maximum atomic E-state index is 13.9. The first kappa shape index (κ1) is 19.2. The first-order valence-corrected chi connectivity index (χ1v) is 9.87. The molecule has 0 bridgehead atoms. The molecule has 3 aromatic rings. The first-order valence-electron chi connectivity index (χ1n) is 9.87. The molecule has 0 N–H and O–H groups in total. The van der Waals surface area contributed by atoms with E-state index in [2.05, 4.69) is 9.97 Å². The Morgan fingerprint density at radius 3 is 2.66 bits per heavy atom. The molecule has 0 spiro atoms. The molecule has 0 saturated carbocycles. The summed E-state index contributed by atoms with van der Waals surface area (Å²) in [6.45, 7) is 3.21. The molecular formula is C22H24FN5O. The zero-order valence-electron chi connectivity index (χ0n) is 16.7. The molecule has 1 saturated heterocycles. The number of rotatable bonds is 4. The molecule has 1 aliphatic rings. The number of hydrogen-bond acceptors (Lipinski definition) is 4. The molecule has 3 heterocycles. The van der Waals surface area contributed by atoms with Crippen molar-refractivity contribution in [1.82, 2.24) is 24.4 Å². The summed E-state index contributed by atoms with van der Waals surface area (Å²) in [7, 11) is 1.95. The summed E-state index contributed by atoms with van der Waals surface area (Å²) in [4.78, 5) is 28.0. The van der Waals surface area contributed by atoms with Gasteiger partial charge in [-0.2, -0.15) is 0 Å². The lowest BCUT2D eigenvalue weighted by Crippen LogP contribution is -2.39. The van der Waals surface area contributed by atoms with Gasteiger partial charge in [-0.25, -0.2) is 19.3 Å². The van der Waals surface area contributed by atoms with Gasteiger partial charge in [-0.15, -0.1) is 0 Å². The summed E-state index contributed by atoms with van der Waals surface area (Å²) in [5.41, 5.74) is 1.89. The van der Waals surface area contributed by atoms with Crippen LogP contribution in [0.25, 0.3) is 11.5 Å². The molecule has 1 fully saturated rings. The van der Waals surface area contributed by atoms with Gasteiger partial charge in [-0.1, -0.05) is 12.1 Å². The van der Waals surface area contributed by atoms with Crippen molar-refractivity contribution in [3.63, 3.8) is 0 Å². The summed E-state index contributed by atoms with van der Waals surface area (Å²) in [6.07, 6.45) is 6.13. The second-order valence-electron chi connectivity index (χ2n) is 7.59. The molecule has 2 aromatic heterocycles. The van der Waals surface area contributed by atoms with Crippen LogP contribution in [0.4, 0.5) is 4.39 Å². The number of imidazole rings is 1. The summed E-state index contributed by atoms with van der Waals surface area (Å²) in [5, 5.41) is 0. The van der Waals surface area contributed by atoms with Crippen LogP contribution in [0.5, 0.6) is 0 Å². The second kappa shape index (κ2) is 8.11. The van der Waals surface area contributed by atoms with Gasteiger partial charge in [0.2, 0.25) is 0 Å². The number of carbonyl (C=O) groups excluding carboxylic acids is 1. The molecule has 0 unspecified atom stereocenters. The molecular weight excluding hydrogens is 369 g/mol. The molecule has 1 aromatic carbocycles. The highest BCUT2D eigenvalue weighted by Gasteiger charge is 2.26. The highest BCUT2D eigenvalue weighted by Crippen LogP contribution is 2.24. The zero-order chi connectivity index (χ0) is 20.4. The van der Waals surface area contributed by atoms with E-state index in [1.54, 1.807) is 29.3 Å². The normalized spacial score (nSPS) is 14.9. The SMILES string of the molecule is Cc1cc(-c2nccn2C)nc(CC2CCN(C(=O)c3ccccc3F)CC2)n1. The van der Waals surface area contributed by atoms with Crippen molar-refractivity contribution in [3.8, 4) is 11.5 Å². The van der Waals surface area contributed by atoms with Crippen LogP contribution in [-0.4, -0.2) is 43.4 Å². The van der Waals surface area contributed by atoms with Gasteiger partial charge in [0.05, 0.1) is 5.56 Å². The average Bonchev–Trinajstić information content (AvgIpc) is 3.14. The smallest absolute Gasteiger partial charge is 0.256 e. The van der Waals surface area contributed by atoms with Gasteiger partial charge in [-0.3, -0.25) is 4.79 Å². The maximum absolute atomic E-state index is 13.9. The highest BCUT2D eigenvalue weighted by molar-refractivity contribution is 5.94. The lowest BCUT2D eigenvalue weighted by molar-refractivity contribution is 0.0685. The van der Waals surface area contributed by atoms with Crippen LogP contribution in [-0.2, 0) is 13.5 Å². The monoisotopic (exact) mass is 393 g/mol. The Morgan fingerprint density at radius 2 is 1.97 bits per heavy atom. The minimum Gasteiger partial charge on any atom is -0.339 e. The van der Waals surface area contributed by atoms with E-state index in [1.165, 1.54) is 6.07 Å². The zero-order valence-corrected chi connectivity index (χ0v) is 16.7. The third kappa shape index (κ3) is 4.18. The molecule has 6 nitrogen and oxygen atoms in total. The van der Waals surface area contributed by atoms with E-state index in [0.717, 1.165) is 42.3 Å². The van der Waals surface area contributed by atoms with Gasteiger partial charge in [0, 0.05) is 44.6 Å². The Bertz CT molecular complexity index is 1020. The van der Waals surface area contributed by atoms with Gasteiger partial charge in [-0.05, 0) is 43.9 Å². The number of amides is 1. The number of benzene rings is 1. The van der Waals surface area contributed by atoms with Crippen molar-refractivity contribution >= 4 is 5.91 Å². The van der Waals surface area contributed by atoms with Crippen LogP contribution >= 0.6 is 0 Å². The number of nitrogens with zero attached hydrogens (tertiary/aromatic N) is 5. The van der Waals surface area contributed by atoms with Gasteiger partial charge >= 0.3 is 0 Å². The quantitative estimate of drug-likeness (QED) is 0.681. The summed E-state index contributed by atoms with van der Waals surface area (Å²) in [5.74, 6) is 1.33. The summed E-state index contributed by atoms with van der Waals surface area (Å²) < 4.78 is 15.9. The van der Waals surface area contributed by atoms with Crippen molar-refractivity contribution in [1.29, 1.82) is 0 Å². The van der Waals surface area contributed by atoms with Crippen LogP contribution in [0.2, 0.25) is 0 Å². The van der Waals surface area contributed by atoms with E-state index in [0.29, 0.717) is 19.0 Å². The van der Waals surface area contributed by atoms with Crippen molar-refractivity contribution in [2.45, 2.75) is 26.2 Å². The topological polar surface area (TPSA) is 63.9 Å². The maximum Gasteiger partial charge on any atom is 0.256 e. The predicted octanol–water partition coefficient (Wildman–Crippen LogP) is 3.42. The summed E-state index contributed by atoms with van der Waals surface area (Å²) in [6, 6.07) is 8.11. The molecule has 7 heteroatoms. The Kier molecular flexibility index (Phi) is 5.38. The number of halogens is 1. The minimum atomic E-state index is -0.463. The van der Waals surface area contributed by atoms with Crippen LogP contribution in [0, 0.1) is 18.7 Å². The predicted molar refractivity (Wildman–Crippen MR) is 108 cm³/mol. The molecule has 29 heavy (non-hydrogen) atoms. The second-order valence-corrected chi connectivity index (χ2v) is 7.59. The minimum absolute atomic E-state index is 0.146. The Labute approximate surface area is 169 Å². The fourth-order valence-electron chi connectivity index (χ4n) is 3.85. The third-order valence-electron chi connectivity index (χ3n) is 5.43. The molecule has 4 rings (SSSR count). The fraction of sp³-hybridized carbons (Fsp3) is 0.364. The van der Waals surface area contributed by atoms with E-state index in [-0.39, 0.29) is 11.5 Å². The number of hydrogen-bond donors (Lipinski definition) is 0. The number of piperidine rings is 1. The largest absolute Gasteiger partial charge is 0.339 e. The number of likely N-dealkylation sites (tertiary alicyclic amines) is 1. The summed E-state index contributed by atoms with van der Waals surface area (Å²) >= 11 is 0. The fourth-order valence-corrected chi connectivity index (χ4v) is 3.85. The van der Waals surface area contributed by atoms with E-state index in [9.17, 15) is 9.18 Å². The standard InChI is InChI=1S/C22H24FN5O/c1-15-13-19(21-24-9-12-27(21)2)26-20(25-15)14-16-7-10-28(11-8-16)22(29)17-5-3-4-6-18(17)23/h3-6,9,12-13,16H,7-8,10-11,14H2,1-2H3. The lowest BCUT2D eigenvalue weighted by Gasteiger charge is -2.32. The lowest BCUT2D eigenvalue weighted by atomic mass is 9.92. The van der Waals surface area contributed by atoms with Crippen molar-refractivity contribution in [2.24, 2.45) is 13.0 Å². The van der Waals surface area contributed by atoms with Crippen molar-refractivity contribution in [2.75, 3.05) is 13.1 Å². The third-order valence-corrected chi connectivity index (χ3v) is 5.43. The molecule has 1 aliphatic heterocycles. The van der Waals surface area contributed by atoms with Gasteiger partial charge < -0.3 is 9.47 Å². The van der Waals surface area contributed by atoms with Crippen LogP contribution in [0.15, 0.2) is 42.7 Å². The molecule has 0 atom stereocenters. The van der Waals surface area contributed by atoms with Crippen molar-refractivity contribution in [3.05, 3.63) is 65.6 Å². The highest BCUT2D eigenvalue weighted by atomic mass is 19.1. The van der Waals surface area contributed by atoms with Gasteiger partial charge in [0.25, 0.3) is 5.91 Å². The average molecular weight is 393 g/mol. The van der Waals surface area contributed by atoms with Crippen LogP contribution in [0.1, 0.15) is 34.7 Å². The van der Waals surface area contributed by atoms with Gasteiger partial charge in [0.15, 0.2) is 5.82 Å². The molecule has 1 amide bonds. The first-order chi connectivity index (χ1) is 14.0. The van der Waals surface area contributed by atoms with E-state index < -0.39 is 5.82 Å². The molecule has 0 radical (unpaired) electrons. The number of carbonyl (C=O) groups is 1. The van der Waals surface area contributed by atoms with E-state index in [1.807, 2.05) is 30.8 Å². The number of aryl methyl sites for hydroxylation is 2. The Morgan fingerprint density at radius 1 is 1.21 bits per heavy atom. The van der Waals surface area contributed by atoms with Gasteiger partial charge in [0.1, 0.15) is 17.3 Å². The number of aromatic nitrogens is 4. The Balaban J connectivity index is 1.41.